The molecule has 0 aromatic heterocycles. The first-order chi connectivity index (χ1) is 9.58. The second-order valence-corrected chi connectivity index (χ2v) is 5.58. The summed E-state index contributed by atoms with van der Waals surface area (Å²) in [6.45, 7) is 5.14. The average molecular weight is 277 g/mol. The molecule has 1 heterocycles. The van der Waals surface area contributed by atoms with Crippen molar-refractivity contribution in [2.75, 3.05) is 13.2 Å². The van der Waals surface area contributed by atoms with E-state index in [4.69, 9.17) is 4.74 Å². The highest BCUT2D eigenvalue weighted by atomic mass is 16.5. The molecule has 1 saturated heterocycles. The van der Waals surface area contributed by atoms with Crippen molar-refractivity contribution in [3.05, 3.63) is 35.4 Å². The largest absolute Gasteiger partial charge is 0.387 e. The Hall–Kier alpha value is -1.39. The maximum absolute atomic E-state index is 11.8. The molecule has 4 nitrogen and oxygen atoms in total. The fourth-order valence-corrected chi connectivity index (χ4v) is 2.32. The highest BCUT2D eigenvalue weighted by Gasteiger charge is 2.23. The van der Waals surface area contributed by atoms with Gasteiger partial charge in [-0.05, 0) is 29.9 Å². The standard InChI is InChI=1S/C16H23NO3/c1-11(2)12-5-7-13(8-6-12)14(18)10-17-16(19)15-4-3-9-20-15/h5-8,11,14-15,18H,3-4,9-10H2,1-2H3,(H,17,19). The predicted octanol–water partition coefficient (Wildman–Crippen LogP) is 2.14. The van der Waals surface area contributed by atoms with E-state index >= 15 is 0 Å². The Morgan fingerprint density at radius 1 is 1.35 bits per heavy atom. The molecule has 0 radical (unpaired) electrons. The van der Waals surface area contributed by atoms with Crippen LogP contribution in [0.15, 0.2) is 24.3 Å². The van der Waals surface area contributed by atoms with Crippen molar-refractivity contribution < 1.29 is 14.6 Å². The second-order valence-electron chi connectivity index (χ2n) is 5.58. The van der Waals surface area contributed by atoms with E-state index in [1.807, 2.05) is 24.3 Å². The Bertz CT molecular complexity index is 436. The normalized spacial score (nSPS) is 20.1. The molecule has 2 N–H and O–H groups in total. The quantitative estimate of drug-likeness (QED) is 0.867. The molecule has 1 aliphatic heterocycles. The van der Waals surface area contributed by atoms with Crippen LogP contribution in [0.25, 0.3) is 0 Å². The molecule has 1 amide bonds. The Kier molecular flexibility index (Phi) is 5.15. The summed E-state index contributed by atoms with van der Waals surface area (Å²) in [4.78, 5) is 11.8. The Labute approximate surface area is 120 Å². The molecule has 1 fully saturated rings. The SMILES string of the molecule is CC(C)c1ccc(C(O)CNC(=O)C2CCCO2)cc1. The van der Waals surface area contributed by atoms with Gasteiger partial charge in [-0.2, -0.15) is 0 Å². The summed E-state index contributed by atoms with van der Waals surface area (Å²) < 4.78 is 5.30. The lowest BCUT2D eigenvalue weighted by Crippen LogP contribution is -2.36. The third kappa shape index (κ3) is 3.81. The summed E-state index contributed by atoms with van der Waals surface area (Å²) in [5.41, 5.74) is 2.06. The first-order valence-electron chi connectivity index (χ1n) is 7.25. The topological polar surface area (TPSA) is 58.6 Å². The highest BCUT2D eigenvalue weighted by molar-refractivity contribution is 5.80. The van der Waals surface area contributed by atoms with Crippen LogP contribution in [0.4, 0.5) is 0 Å². The van der Waals surface area contributed by atoms with Gasteiger partial charge < -0.3 is 15.2 Å². The third-order valence-electron chi connectivity index (χ3n) is 3.68. The van der Waals surface area contributed by atoms with Gasteiger partial charge in [-0.3, -0.25) is 4.79 Å². The molecule has 2 rings (SSSR count). The van der Waals surface area contributed by atoms with Crippen molar-refractivity contribution in [1.82, 2.24) is 5.32 Å². The first-order valence-corrected chi connectivity index (χ1v) is 7.25. The second kappa shape index (κ2) is 6.86. The summed E-state index contributed by atoms with van der Waals surface area (Å²) in [6.07, 6.45) is 0.676. The van der Waals surface area contributed by atoms with Crippen molar-refractivity contribution in [2.45, 2.75) is 44.8 Å². The molecule has 1 aromatic carbocycles. The number of nitrogens with one attached hydrogen (secondary N) is 1. The molecule has 0 saturated carbocycles. The van der Waals surface area contributed by atoms with Crippen molar-refractivity contribution in [1.29, 1.82) is 0 Å². The van der Waals surface area contributed by atoms with E-state index in [2.05, 4.69) is 19.2 Å². The molecule has 4 heteroatoms. The number of rotatable bonds is 5. The van der Waals surface area contributed by atoms with Crippen LogP contribution in [-0.4, -0.2) is 30.3 Å². The first kappa shape index (κ1) is 15.0. The van der Waals surface area contributed by atoms with Crippen molar-refractivity contribution in [3.8, 4) is 0 Å². The lowest BCUT2D eigenvalue weighted by molar-refractivity contribution is -0.130. The van der Waals surface area contributed by atoms with Gasteiger partial charge in [0.1, 0.15) is 6.10 Å². The molecule has 0 aliphatic carbocycles. The van der Waals surface area contributed by atoms with Crippen LogP contribution in [0.3, 0.4) is 0 Å². The van der Waals surface area contributed by atoms with Crippen LogP contribution < -0.4 is 5.32 Å². The van der Waals surface area contributed by atoms with E-state index in [0.29, 0.717) is 12.5 Å². The number of aliphatic hydroxyl groups excluding tert-OH is 1. The summed E-state index contributed by atoms with van der Waals surface area (Å²) in [7, 11) is 0. The zero-order valence-corrected chi connectivity index (χ0v) is 12.1. The van der Waals surface area contributed by atoms with E-state index in [1.54, 1.807) is 0 Å². The maximum atomic E-state index is 11.8. The fraction of sp³-hybridized carbons (Fsp3) is 0.562. The van der Waals surface area contributed by atoms with Crippen molar-refractivity contribution >= 4 is 5.91 Å². The Morgan fingerprint density at radius 2 is 2.00 bits per heavy atom. The number of hydrogen-bond donors (Lipinski definition) is 2. The van der Waals surface area contributed by atoms with Gasteiger partial charge in [-0.15, -0.1) is 0 Å². The molecule has 110 valence electrons. The van der Waals surface area contributed by atoms with Gasteiger partial charge in [0.2, 0.25) is 5.91 Å². The molecular formula is C16H23NO3. The molecule has 2 unspecified atom stereocenters. The number of amides is 1. The Balaban J connectivity index is 1.84. The summed E-state index contributed by atoms with van der Waals surface area (Å²) in [6, 6.07) is 7.87. The summed E-state index contributed by atoms with van der Waals surface area (Å²) >= 11 is 0. The lowest BCUT2D eigenvalue weighted by Gasteiger charge is -2.15. The number of aliphatic hydroxyl groups is 1. The zero-order valence-electron chi connectivity index (χ0n) is 12.1. The van der Waals surface area contributed by atoms with Crippen LogP contribution >= 0.6 is 0 Å². The summed E-state index contributed by atoms with van der Waals surface area (Å²) in [5, 5.41) is 12.8. The van der Waals surface area contributed by atoms with Gasteiger partial charge in [0.05, 0.1) is 6.10 Å². The molecule has 20 heavy (non-hydrogen) atoms. The van der Waals surface area contributed by atoms with Crippen molar-refractivity contribution in [2.24, 2.45) is 0 Å². The number of carbonyl (C=O) groups is 1. The molecule has 0 bridgehead atoms. The van der Waals surface area contributed by atoms with Crippen molar-refractivity contribution in [3.63, 3.8) is 0 Å². The van der Waals surface area contributed by atoms with Gasteiger partial charge in [0.15, 0.2) is 0 Å². The van der Waals surface area contributed by atoms with E-state index in [1.165, 1.54) is 5.56 Å². The minimum absolute atomic E-state index is 0.125. The average Bonchev–Trinajstić information content (AvgIpc) is 2.98. The molecule has 1 aromatic rings. The molecular weight excluding hydrogens is 254 g/mol. The smallest absolute Gasteiger partial charge is 0.249 e. The predicted molar refractivity (Wildman–Crippen MR) is 77.5 cm³/mol. The zero-order chi connectivity index (χ0) is 14.5. The van der Waals surface area contributed by atoms with E-state index in [9.17, 15) is 9.90 Å². The maximum Gasteiger partial charge on any atom is 0.249 e. The van der Waals surface area contributed by atoms with Gasteiger partial charge in [0, 0.05) is 13.2 Å². The fourth-order valence-electron chi connectivity index (χ4n) is 2.32. The van der Waals surface area contributed by atoms with E-state index in [0.717, 1.165) is 18.4 Å². The monoisotopic (exact) mass is 277 g/mol. The van der Waals surface area contributed by atoms with E-state index in [-0.39, 0.29) is 18.6 Å². The van der Waals surface area contributed by atoms with Crippen LogP contribution in [-0.2, 0) is 9.53 Å². The number of hydrogen-bond acceptors (Lipinski definition) is 3. The van der Waals surface area contributed by atoms with Crippen LogP contribution in [0.5, 0.6) is 0 Å². The molecule has 2 atom stereocenters. The van der Waals surface area contributed by atoms with Gasteiger partial charge in [-0.25, -0.2) is 0 Å². The molecule has 1 aliphatic rings. The van der Waals surface area contributed by atoms with Gasteiger partial charge in [-0.1, -0.05) is 38.1 Å². The van der Waals surface area contributed by atoms with E-state index < -0.39 is 6.10 Å². The van der Waals surface area contributed by atoms with Crippen LogP contribution in [0.1, 0.15) is 49.8 Å². The van der Waals surface area contributed by atoms with Crippen LogP contribution in [0, 0.1) is 0 Å². The number of benzene rings is 1. The minimum Gasteiger partial charge on any atom is -0.387 e. The number of carbonyl (C=O) groups excluding carboxylic acids is 1. The summed E-state index contributed by atoms with van der Waals surface area (Å²) in [5.74, 6) is 0.348. The van der Waals surface area contributed by atoms with Gasteiger partial charge in [0.25, 0.3) is 0 Å². The lowest BCUT2D eigenvalue weighted by atomic mass is 10.00. The van der Waals surface area contributed by atoms with Crippen LogP contribution in [0.2, 0.25) is 0 Å². The highest BCUT2D eigenvalue weighted by Crippen LogP contribution is 2.18. The molecule has 0 spiro atoms. The van der Waals surface area contributed by atoms with Gasteiger partial charge >= 0.3 is 0 Å². The number of ether oxygens (including phenoxy) is 1. The third-order valence-corrected chi connectivity index (χ3v) is 3.68. The Morgan fingerprint density at radius 3 is 2.55 bits per heavy atom. The minimum atomic E-state index is -0.679.